The number of piperidine rings is 1. The molecule has 5 nitrogen and oxygen atoms in total. The van der Waals surface area contributed by atoms with Crippen LogP contribution in [0.1, 0.15) is 35.8 Å². The highest BCUT2D eigenvalue weighted by Crippen LogP contribution is 2.22. The van der Waals surface area contributed by atoms with Crippen molar-refractivity contribution in [3.63, 3.8) is 0 Å². The Morgan fingerprint density at radius 1 is 1.57 bits per heavy atom. The largest absolute Gasteiger partial charge is 0.464 e. The predicted molar refractivity (Wildman–Crippen MR) is 81.1 cm³/mol. The van der Waals surface area contributed by atoms with Gasteiger partial charge >= 0.3 is 5.97 Å². The molecular formula is C16H21N3O2. The molecule has 21 heavy (non-hydrogen) atoms. The van der Waals surface area contributed by atoms with E-state index in [4.69, 9.17) is 4.74 Å². The molecule has 3 rings (SSSR count). The first-order valence-corrected chi connectivity index (χ1v) is 7.45. The highest BCUT2D eigenvalue weighted by atomic mass is 16.5. The van der Waals surface area contributed by atoms with Crippen LogP contribution in [0.2, 0.25) is 0 Å². The van der Waals surface area contributed by atoms with Crippen molar-refractivity contribution in [2.45, 2.75) is 26.3 Å². The molecule has 0 saturated carbocycles. The van der Waals surface area contributed by atoms with Crippen LogP contribution in [0.5, 0.6) is 0 Å². The minimum absolute atomic E-state index is 0.379. The average molecular weight is 287 g/mol. The van der Waals surface area contributed by atoms with E-state index in [0.717, 1.165) is 42.1 Å². The lowest BCUT2D eigenvalue weighted by Gasteiger charge is -2.30. The Kier molecular flexibility index (Phi) is 3.92. The minimum atomic E-state index is -0.383. The summed E-state index contributed by atoms with van der Waals surface area (Å²) in [7, 11) is 1.39. The van der Waals surface area contributed by atoms with Crippen LogP contribution in [0, 0.1) is 5.92 Å². The van der Waals surface area contributed by atoms with E-state index in [1.165, 1.54) is 20.0 Å². The number of esters is 1. The highest BCUT2D eigenvalue weighted by Gasteiger charge is 2.19. The summed E-state index contributed by atoms with van der Waals surface area (Å²) < 4.78 is 4.80. The third-order valence-electron chi connectivity index (χ3n) is 4.13. The Labute approximate surface area is 124 Å². The third-order valence-corrected chi connectivity index (χ3v) is 4.13. The number of hydrogen-bond acceptors (Lipinski definition) is 4. The molecule has 1 atom stereocenters. The van der Waals surface area contributed by atoms with Crippen LogP contribution in [0.3, 0.4) is 0 Å². The summed E-state index contributed by atoms with van der Waals surface area (Å²) in [5.74, 6) is 0.353. The number of rotatable bonds is 3. The molecule has 3 heterocycles. The van der Waals surface area contributed by atoms with Crippen molar-refractivity contribution in [1.29, 1.82) is 0 Å². The summed E-state index contributed by atoms with van der Waals surface area (Å²) in [6.45, 7) is 5.36. The number of likely N-dealkylation sites (tertiary alicyclic amines) is 1. The van der Waals surface area contributed by atoms with E-state index < -0.39 is 0 Å². The lowest BCUT2D eigenvalue weighted by Crippen LogP contribution is -2.33. The molecule has 0 aromatic carbocycles. The van der Waals surface area contributed by atoms with E-state index in [1.54, 1.807) is 0 Å². The number of pyridine rings is 1. The van der Waals surface area contributed by atoms with Crippen molar-refractivity contribution in [3.05, 3.63) is 29.6 Å². The number of ether oxygens (including phenoxy) is 1. The van der Waals surface area contributed by atoms with Crippen LogP contribution >= 0.6 is 0 Å². The lowest BCUT2D eigenvalue weighted by molar-refractivity contribution is 0.0594. The van der Waals surface area contributed by atoms with Gasteiger partial charge in [-0.2, -0.15) is 0 Å². The SMILES string of the molecule is COC(=O)c1cc(CN2CCC[C@H](C)C2)c2[nH]ccc2n1. The Morgan fingerprint density at radius 3 is 3.19 bits per heavy atom. The van der Waals surface area contributed by atoms with Gasteiger partial charge in [0.05, 0.1) is 18.1 Å². The van der Waals surface area contributed by atoms with Gasteiger partial charge in [-0.15, -0.1) is 0 Å². The number of nitrogens with one attached hydrogen (secondary N) is 1. The molecule has 0 unspecified atom stereocenters. The minimum Gasteiger partial charge on any atom is -0.464 e. The summed E-state index contributed by atoms with van der Waals surface area (Å²) >= 11 is 0. The van der Waals surface area contributed by atoms with E-state index in [-0.39, 0.29) is 5.97 Å². The number of nitrogens with zero attached hydrogens (tertiary/aromatic N) is 2. The Hall–Kier alpha value is -1.88. The average Bonchev–Trinajstić information content (AvgIpc) is 2.95. The summed E-state index contributed by atoms with van der Waals surface area (Å²) in [4.78, 5) is 21.8. The third kappa shape index (κ3) is 2.93. The first-order valence-electron chi connectivity index (χ1n) is 7.45. The molecule has 112 valence electrons. The normalized spacial score (nSPS) is 19.8. The van der Waals surface area contributed by atoms with Gasteiger partial charge in [0.2, 0.25) is 0 Å². The molecule has 1 saturated heterocycles. The molecule has 5 heteroatoms. The number of carbonyl (C=O) groups excluding carboxylic acids is 1. The zero-order chi connectivity index (χ0) is 14.8. The van der Waals surface area contributed by atoms with Crippen LogP contribution in [-0.4, -0.2) is 41.0 Å². The summed E-state index contributed by atoms with van der Waals surface area (Å²) in [5, 5.41) is 0. The number of aromatic nitrogens is 2. The van der Waals surface area contributed by atoms with Crippen molar-refractivity contribution in [2.24, 2.45) is 5.92 Å². The number of carbonyl (C=O) groups is 1. The molecule has 2 aromatic rings. The molecule has 1 N–H and O–H groups in total. The second-order valence-corrected chi connectivity index (χ2v) is 5.88. The smallest absolute Gasteiger partial charge is 0.356 e. The maximum atomic E-state index is 11.8. The standard InChI is InChI=1S/C16H21N3O2/c1-11-4-3-7-19(9-11)10-12-8-14(16(20)21-2)18-13-5-6-17-15(12)13/h5-6,8,11,17H,3-4,7,9-10H2,1-2H3/t11-/m0/s1. The van der Waals surface area contributed by atoms with Crippen LogP contribution in [0.15, 0.2) is 18.3 Å². The van der Waals surface area contributed by atoms with E-state index in [2.05, 4.69) is 21.8 Å². The summed E-state index contributed by atoms with van der Waals surface area (Å²) in [5.41, 5.74) is 3.32. The maximum Gasteiger partial charge on any atom is 0.356 e. The number of H-pyrrole nitrogens is 1. The molecule has 2 aromatic heterocycles. The summed E-state index contributed by atoms with van der Waals surface area (Å²) in [6.07, 6.45) is 4.41. The molecule has 0 amide bonds. The van der Waals surface area contributed by atoms with Gasteiger partial charge in [-0.25, -0.2) is 9.78 Å². The van der Waals surface area contributed by atoms with Crippen LogP contribution in [0.4, 0.5) is 0 Å². The van der Waals surface area contributed by atoms with Crippen LogP contribution < -0.4 is 0 Å². The maximum absolute atomic E-state index is 11.8. The van der Waals surface area contributed by atoms with Gasteiger partial charge in [0, 0.05) is 19.3 Å². The molecular weight excluding hydrogens is 266 g/mol. The zero-order valence-electron chi connectivity index (χ0n) is 12.6. The molecule has 0 bridgehead atoms. The molecule has 0 spiro atoms. The fourth-order valence-electron chi connectivity index (χ4n) is 3.12. The van der Waals surface area contributed by atoms with Crippen molar-refractivity contribution >= 4 is 17.0 Å². The van der Waals surface area contributed by atoms with Crippen molar-refractivity contribution in [3.8, 4) is 0 Å². The number of aromatic amines is 1. The van der Waals surface area contributed by atoms with E-state index >= 15 is 0 Å². The first kappa shape index (κ1) is 14.1. The monoisotopic (exact) mass is 287 g/mol. The lowest BCUT2D eigenvalue weighted by atomic mass is 9.99. The highest BCUT2D eigenvalue weighted by molar-refractivity contribution is 5.91. The van der Waals surface area contributed by atoms with Gasteiger partial charge in [0.25, 0.3) is 0 Å². The van der Waals surface area contributed by atoms with Crippen molar-refractivity contribution < 1.29 is 9.53 Å². The Bertz CT molecular complexity index is 650. The van der Waals surface area contributed by atoms with Gasteiger partial charge in [0.15, 0.2) is 0 Å². The van der Waals surface area contributed by atoms with Crippen LogP contribution in [-0.2, 0) is 11.3 Å². The number of fused-ring (bicyclic) bond motifs is 1. The van der Waals surface area contributed by atoms with Crippen molar-refractivity contribution in [1.82, 2.24) is 14.9 Å². The predicted octanol–water partition coefficient (Wildman–Crippen LogP) is 2.58. The topological polar surface area (TPSA) is 58.2 Å². The Morgan fingerprint density at radius 2 is 2.43 bits per heavy atom. The van der Waals surface area contributed by atoms with Gasteiger partial charge in [0.1, 0.15) is 5.69 Å². The van der Waals surface area contributed by atoms with E-state index in [1.807, 2.05) is 18.3 Å². The molecule has 0 aliphatic carbocycles. The fraction of sp³-hybridized carbons (Fsp3) is 0.500. The molecule has 1 fully saturated rings. The van der Waals surface area contributed by atoms with Crippen LogP contribution in [0.25, 0.3) is 11.0 Å². The number of methoxy groups -OCH3 is 1. The second kappa shape index (κ2) is 5.85. The van der Waals surface area contributed by atoms with Gasteiger partial charge in [-0.05, 0) is 43.0 Å². The van der Waals surface area contributed by atoms with Gasteiger partial charge in [-0.3, -0.25) is 4.90 Å². The quantitative estimate of drug-likeness (QED) is 0.882. The first-order chi connectivity index (χ1) is 10.2. The van der Waals surface area contributed by atoms with E-state index in [0.29, 0.717) is 5.69 Å². The second-order valence-electron chi connectivity index (χ2n) is 5.88. The Balaban J connectivity index is 1.92. The fourth-order valence-corrected chi connectivity index (χ4v) is 3.12. The van der Waals surface area contributed by atoms with Gasteiger partial charge < -0.3 is 9.72 Å². The van der Waals surface area contributed by atoms with Gasteiger partial charge in [-0.1, -0.05) is 6.92 Å². The molecule has 1 aliphatic heterocycles. The number of hydrogen-bond donors (Lipinski definition) is 1. The molecule has 1 aliphatic rings. The summed E-state index contributed by atoms with van der Waals surface area (Å²) in [6, 6.07) is 3.74. The zero-order valence-corrected chi connectivity index (χ0v) is 12.6. The van der Waals surface area contributed by atoms with E-state index in [9.17, 15) is 4.79 Å². The molecule has 0 radical (unpaired) electrons. The van der Waals surface area contributed by atoms with Crippen molar-refractivity contribution in [2.75, 3.05) is 20.2 Å².